The SMILES string of the molecule is O=C(Nc1ccccc1)N(CC1=C[C@@H](Cc2ccccc2)CC1)c1cccc(OCCN2CCOCC2)c1. The molecule has 0 radical (unpaired) electrons. The van der Waals surface area contributed by atoms with E-state index in [4.69, 9.17) is 9.47 Å². The average Bonchev–Trinajstić information content (AvgIpc) is 3.40. The predicted molar refractivity (Wildman–Crippen MR) is 153 cm³/mol. The zero-order chi connectivity index (χ0) is 26.0. The number of rotatable bonds is 10. The highest BCUT2D eigenvalue weighted by Crippen LogP contribution is 2.30. The third kappa shape index (κ3) is 7.46. The van der Waals surface area contributed by atoms with Crippen molar-refractivity contribution in [3.63, 3.8) is 0 Å². The van der Waals surface area contributed by atoms with Crippen LogP contribution < -0.4 is 15.0 Å². The lowest BCUT2D eigenvalue weighted by molar-refractivity contribution is 0.0322. The molecule has 1 atom stereocenters. The highest BCUT2D eigenvalue weighted by Gasteiger charge is 2.23. The second kappa shape index (κ2) is 13.3. The van der Waals surface area contributed by atoms with Gasteiger partial charge < -0.3 is 14.8 Å². The van der Waals surface area contributed by atoms with Crippen molar-refractivity contribution in [2.45, 2.75) is 19.3 Å². The molecule has 5 rings (SSSR count). The van der Waals surface area contributed by atoms with Crippen LogP contribution in [0.25, 0.3) is 0 Å². The maximum atomic E-state index is 13.5. The smallest absolute Gasteiger partial charge is 0.326 e. The Bertz CT molecular complexity index is 1190. The van der Waals surface area contributed by atoms with E-state index in [0.717, 1.165) is 69.2 Å². The molecule has 1 aliphatic carbocycles. The van der Waals surface area contributed by atoms with Gasteiger partial charge in [0.15, 0.2) is 0 Å². The Morgan fingerprint density at radius 1 is 0.974 bits per heavy atom. The third-order valence-electron chi connectivity index (χ3n) is 7.19. The monoisotopic (exact) mass is 511 g/mol. The Labute approximate surface area is 225 Å². The molecule has 0 aromatic heterocycles. The predicted octanol–water partition coefficient (Wildman–Crippen LogP) is 6.02. The number of amides is 2. The molecule has 0 unspecified atom stereocenters. The minimum Gasteiger partial charge on any atom is -0.492 e. The van der Waals surface area contributed by atoms with E-state index in [1.54, 1.807) is 0 Å². The van der Waals surface area contributed by atoms with E-state index < -0.39 is 0 Å². The Morgan fingerprint density at radius 3 is 2.53 bits per heavy atom. The largest absolute Gasteiger partial charge is 0.492 e. The second-order valence-corrected chi connectivity index (χ2v) is 10.00. The molecule has 1 aliphatic heterocycles. The first-order valence-corrected chi connectivity index (χ1v) is 13.6. The summed E-state index contributed by atoms with van der Waals surface area (Å²) in [5, 5.41) is 3.07. The van der Waals surface area contributed by atoms with Crippen LogP contribution in [0.4, 0.5) is 16.2 Å². The summed E-state index contributed by atoms with van der Waals surface area (Å²) >= 11 is 0. The highest BCUT2D eigenvalue weighted by molar-refractivity contribution is 6.02. The molecular weight excluding hydrogens is 474 g/mol. The number of anilines is 2. The number of para-hydroxylation sites is 1. The van der Waals surface area contributed by atoms with Gasteiger partial charge in [0.2, 0.25) is 0 Å². The first-order chi connectivity index (χ1) is 18.7. The van der Waals surface area contributed by atoms with Crippen LogP contribution in [0.1, 0.15) is 18.4 Å². The molecule has 1 fully saturated rings. The number of carbonyl (C=O) groups is 1. The Morgan fingerprint density at radius 2 is 1.74 bits per heavy atom. The molecule has 0 saturated carbocycles. The zero-order valence-electron chi connectivity index (χ0n) is 21.9. The number of hydrogen-bond donors (Lipinski definition) is 1. The van der Waals surface area contributed by atoms with E-state index in [9.17, 15) is 4.79 Å². The second-order valence-electron chi connectivity index (χ2n) is 10.00. The van der Waals surface area contributed by atoms with Crippen LogP contribution in [-0.4, -0.2) is 56.9 Å². The maximum Gasteiger partial charge on any atom is 0.326 e. The van der Waals surface area contributed by atoms with Crippen molar-refractivity contribution in [3.8, 4) is 5.75 Å². The molecular formula is C32H37N3O3. The molecule has 2 aliphatic rings. The van der Waals surface area contributed by atoms with Gasteiger partial charge >= 0.3 is 6.03 Å². The fraction of sp³-hybridized carbons (Fsp3) is 0.344. The number of ether oxygens (including phenoxy) is 2. The number of nitrogens with one attached hydrogen (secondary N) is 1. The molecule has 0 spiro atoms. The van der Waals surface area contributed by atoms with E-state index in [2.05, 4.69) is 46.6 Å². The van der Waals surface area contributed by atoms with E-state index in [-0.39, 0.29) is 6.03 Å². The molecule has 6 nitrogen and oxygen atoms in total. The topological polar surface area (TPSA) is 54.0 Å². The summed E-state index contributed by atoms with van der Waals surface area (Å²) in [5.74, 6) is 1.27. The van der Waals surface area contributed by atoms with Gasteiger partial charge in [-0.2, -0.15) is 0 Å². The normalized spacial score (nSPS) is 17.6. The minimum atomic E-state index is -0.144. The van der Waals surface area contributed by atoms with Crippen LogP contribution in [0.15, 0.2) is 96.6 Å². The van der Waals surface area contributed by atoms with Gasteiger partial charge in [-0.3, -0.25) is 9.80 Å². The molecule has 3 aromatic rings. The van der Waals surface area contributed by atoms with Gasteiger partial charge in [0.25, 0.3) is 0 Å². The number of allylic oxidation sites excluding steroid dienone is 1. The van der Waals surface area contributed by atoms with Gasteiger partial charge in [0, 0.05) is 43.6 Å². The number of hydrogen-bond acceptors (Lipinski definition) is 4. The van der Waals surface area contributed by atoms with E-state index >= 15 is 0 Å². The molecule has 0 bridgehead atoms. The lowest BCUT2D eigenvalue weighted by Crippen LogP contribution is -2.38. The van der Waals surface area contributed by atoms with Crippen molar-refractivity contribution < 1.29 is 14.3 Å². The van der Waals surface area contributed by atoms with Crippen molar-refractivity contribution in [1.82, 2.24) is 4.90 Å². The van der Waals surface area contributed by atoms with E-state index in [1.807, 2.05) is 59.5 Å². The van der Waals surface area contributed by atoms with Crippen molar-refractivity contribution in [2.24, 2.45) is 5.92 Å². The fourth-order valence-corrected chi connectivity index (χ4v) is 5.13. The van der Waals surface area contributed by atoms with Gasteiger partial charge in [-0.15, -0.1) is 0 Å². The summed E-state index contributed by atoms with van der Waals surface area (Å²) in [4.78, 5) is 17.7. The van der Waals surface area contributed by atoms with Crippen LogP contribution in [-0.2, 0) is 11.2 Å². The summed E-state index contributed by atoms with van der Waals surface area (Å²) in [6.45, 7) is 5.47. The lowest BCUT2D eigenvalue weighted by atomic mass is 9.99. The van der Waals surface area contributed by atoms with Gasteiger partial charge in [-0.25, -0.2) is 4.79 Å². The molecule has 1 heterocycles. The number of nitrogens with zero attached hydrogens (tertiary/aromatic N) is 2. The third-order valence-corrected chi connectivity index (χ3v) is 7.19. The van der Waals surface area contributed by atoms with Crippen LogP contribution in [0.2, 0.25) is 0 Å². The summed E-state index contributed by atoms with van der Waals surface area (Å²) in [6, 6.07) is 28.0. The molecule has 1 N–H and O–H groups in total. The Balaban J connectivity index is 1.28. The van der Waals surface area contributed by atoms with Crippen LogP contribution in [0, 0.1) is 5.92 Å². The van der Waals surface area contributed by atoms with Gasteiger partial charge in [-0.05, 0) is 55.0 Å². The van der Waals surface area contributed by atoms with E-state index in [1.165, 1.54) is 11.1 Å². The van der Waals surface area contributed by atoms with Crippen LogP contribution >= 0.6 is 0 Å². The fourth-order valence-electron chi connectivity index (χ4n) is 5.13. The van der Waals surface area contributed by atoms with Crippen molar-refractivity contribution in [3.05, 3.63) is 102 Å². The van der Waals surface area contributed by atoms with Crippen LogP contribution in [0.3, 0.4) is 0 Å². The molecule has 198 valence electrons. The molecule has 38 heavy (non-hydrogen) atoms. The molecule has 6 heteroatoms. The molecule has 1 saturated heterocycles. The Hall–Kier alpha value is -3.61. The molecule has 3 aromatic carbocycles. The summed E-state index contributed by atoms with van der Waals surface area (Å²) in [7, 11) is 0. The van der Waals surface area contributed by atoms with Gasteiger partial charge in [-0.1, -0.05) is 66.2 Å². The zero-order valence-corrected chi connectivity index (χ0v) is 21.9. The summed E-state index contributed by atoms with van der Waals surface area (Å²) in [5.41, 5.74) is 4.26. The van der Waals surface area contributed by atoms with Crippen molar-refractivity contribution in [1.29, 1.82) is 0 Å². The summed E-state index contributed by atoms with van der Waals surface area (Å²) < 4.78 is 11.5. The first kappa shape index (κ1) is 26.0. The number of urea groups is 1. The standard InChI is InChI=1S/C32H37N3O3/c36-32(33-29-10-5-2-6-11-29)35(25-28-15-14-27(23-28)22-26-8-3-1-4-9-26)30-12-7-13-31(24-30)38-21-18-34-16-19-37-20-17-34/h1-13,23-24,27H,14-22,25H2,(H,33,36)/t27-/m1/s1. The minimum absolute atomic E-state index is 0.144. The van der Waals surface area contributed by atoms with Gasteiger partial charge in [0.05, 0.1) is 13.2 Å². The maximum absolute atomic E-state index is 13.5. The lowest BCUT2D eigenvalue weighted by Gasteiger charge is -2.26. The van der Waals surface area contributed by atoms with Crippen molar-refractivity contribution >= 4 is 17.4 Å². The average molecular weight is 512 g/mol. The van der Waals surface area contributed by atoms with Crippen molar-refractivity contribution in [2.75, 3.05) is 56.2 Å². The number of benzene rings is 3. The van der Waals surface area contributed by atoms with E-state index in [0.29, 0.717) is 19.1 Å². The number of carbonyl (C=O) groups excluding carboxylic acids is 1. The Kier molecular flexibility index (Phi) is 9.08. The first-order valence-electron chi connectivity index (χ1n) is 13.6. The number of morpholine rings is 1. The van der Waals surface area contributed by atoms with Crippen LogP contribution in [0.5, 0.6) is 5.75 Å². The summed E-state index contributed by atoms with van der Waals surface area (Å²) in [6.07, 6.45) is 5.52. The highest BCUT2D eigenvalue weighted by atomic mass is 16.5. The van der Waals surface area contributed by atoms with Gasteiger partial charge in [0.1, 0.15) is 12.4 Å². The quantitative estimate of drug-likeness (QED) is 0.339. The molecule has 2 amide bonds.